The molecule has 8 heteroatoms. The monoisotopic (exact) mass is 521 g/mol. The largest absolute Gasteiger partial charge is 0.483 e. The third-order valence-corrected chi connectivity index (χ3v) is 7.43. The normalized spacial score (nSPS) is 11.3. The molecule has 31 heavy (non-hydrogen) atoms. The Morgan fingerprint density at radius 1 is 1.03 bits per heavy atom. The van der Waals surface area contributed by atoms with Crippen molar-refractivity contribution in [2.75, 3.05) is 10.9 Å². The number of anilines is 1. The van der Waals surface area contributed by atoms with E-state index in [0.29, 0.717) is 26.5 Å². The molecule has 0 heterocycles. The molecule has 0 saturated carbocycles. The van der Waals surface area contributed by atoms with Crippen molar-refractivity contribution in [1.29, 1.82) is 0 Å². The molecule has 0 fully saturated rings. The van der Waals surface area contributed by atoms with E-state index in [1.807, 2.05) is 19.9 Å². The number of hydrogen-bond acceptors (Lipinski definition) is 4. The quantitative estimate of drug-likeness (QED) is 0.409. The first-order valence-electron chi connectivity index (χ1n) is 9.40. The summed E-state index contributed by atoms with van der Waals surface area (Å²) in [7, 11) is -4.16. The van der Waals surface area contributed by atoms with Gasteiger partial charge in [-0.15, -0.1) is 0 Å². The fraction of sp³-hybridized carbons (Fsp3) is 0.174. The van der Waals surface area contributed by atoms with Crippen LogP contribution in [0.2, 0.25) is 5.02 Å². The van der Waals surface area contributed by atoms with E-state index in [1.165, 1.54) is 12.1 Å². The first-order valence-corrected chi connectivity index (χ1v) is 12.0. The molecule has 0 saturated heterocycles. The molecule has 0 atom stereocenters. The van der Waals surface area contributed by atoms with Crippen LogP contribution in [0.3, 0.4) is 0 Å². The van der Waals surface area contributed by atoms with Gasteiger partial charge in [0.1, 0.15) is 5.75 Å². The van der Waals surface area contributed by atoms with E-state index in [2.05, 4.69) is 15.9 Å². The third kappa shape index (κ3) is 5.11. The second-order valence-corrected chi connectivity index (χ2v) is 10.1. The molecule has 162 valence electrons. The zero-order chi connectivity index (χ0) is 22.8. The van der Waals surface area contributed by atoms with E-state index >= 15 is 0 Å². The molecule has 1 amide bonds. The number of sulfonamides is 1. The predicted molar refractivity (Wildman–Crippen MR) is 126 cm³/mol. The minimum absolute atomic E-state index is 0.0278. The summed E-state index contributed by atoms with van der Waals surface area (Å²) >= 11 is 9.27. The summed E-state index contributed by atoms with van der Waals surface area (Å²) < 4.78 is 34.0. The summed E-state index contributed by atoms with van der Waals surface area (Å²) in [5, 5.41) is 0.504. The highest BCUT2D eigenvalue weighted by Gasteiger charge is 2.32. The van der Waals surface area contributed by atoms with E-state index in [1.54, 1.807) is 49.4 Å². The number of hydrogen-bond donors (Lipinski definition) is 0. The fourth-order valence-corrected chi connectivity index (χ4v) is 5.23. The highest BCUT2D eigenvalue weighted by Crippen LogP contribution is 2.31. The second kappa shape index (κ2) is 9.42. The van der Waals surface area contributed by atoms with Gasteiger partial charge in [0.25, 0.3) is 15.9 Å². The molecule has 3 aromatic rings. The molecule has 3 aromatic carbocycles. The Bertz CT molecular complexity index is 1230. The van der Waals surface area contributed by atoms with Crippen LogP contribution in [0.1, 0.15) is 16.7 Å². The number of amides is 1. The van der Waals surface area contributed by atoms with Gasteiger partial charge < -0.3 is 4.74 Å². The summed E-state index contributed by atoms with van der Waals surface area (Å²) in [6.07, 6.45) is 0. The first kappa shape index (κ1) is 23.3. The number of halogens is 2. The summed E-state index contributed by atoms with van der Waals surface area (Å²) in [4.78, 5) is 13.3. The Labute approximate surface area is 195 Å². The zero-order valence-electron chi connectivity index (χ0n) is 17.2. The highest BCUT2D eigenvalue weighted by atomic mass is 79.9. The lowest BCUT2D eigenvalue weighted by molar-refractivity contribution is -0.119. The van der Waals surface area contributed by atoms with Crippen LogP contribution in [0.15, 0.2) is 70.0 Å². The number of ether oxygens (including phenoxy) is 1. The maximum absolute atomic E-state index is 13.5. The summed E-state index contributed by atoms with van der Waals surface area (Å²) in [5.41, 5.74) is 2.78. The maximum atomic E-state index is 13.5. The molecule has 0 aliphatic rings. The molecule has 3 rings (SSSR count). The Hall–Kier alpha value is -2.35. The SMILES string of the molecule is Cc1ccc(S(=O)(=O)N(C(=O)COc2ccc(Cl)cc2Br)c2cccc(C)c2C)cc1. The minimum atomic E-state index is -4.16. The molecule has 0 spiro atoms. The van der Waals surface area contributed by atoms with Gasteiger partial charge >= 0.3 is 0 Å². The Morgan fingerprint density at radius 2 is 1.71 bits per heavy atom. The van der Waals surface area contributed by atoms with Crippen LogP contribution in [0.5, 0.6) is 5.75 Å². The van der Waals surface area contributed by atoms with Crippen LogP contribution in [0.25, 0.3) is 0 Å². The minimum Gasteiger partial charge on any atom is -0.483 e. The summed E-state index contributed by atoms with van der Waals surface area (Å²) in [6.45, 7) is 5.04. The van der Waals surface area contributed by atoms with Crippen LogP contribution in [-0.2, 0) is 14.8 Å². The van der Waals surface area contributed by atoms with E-state index in [0.717, 1.165) is 15.4 Å². The van der Waals surface area contributed by atoms with Gasteiger partial charge in [0.15, 0.2) is 6.61 Å². The number of nitrogens with zero attached hydrogens (tertiary/aromatic N) is 1. The number of carbonyl (C=O) groups is 1. The molecule has 0 aliphatic carbocycles. The van der Waals surface area contributed by atoms with Crippen LogP contribution < -0.4 is 9.04 Å². The van der Waals surface area contributed by atoms with Gasteiger partial charge in [-0.1, -0.05) is 41.4 Å². The molecule has 0 radical (unpaired) electrons. The van der Waals surface area contributed by atoms with Crippen LogP contribution in [0, 0.1) is 20.8 Å². The maximum Gasteiger partial charge on any atom is 0.278 e. The first-order chi connectivity index (χ1) is 14.6. The van der Waals surface area contributed by atoms with E-state index in [-0.39, 0.29) is 4.90 Å². The van der Waals surface area contributed by atoms with Crippen molar-refractivity contribution in [3.8, 4) is 5.75 Å². The lowest BCUT2D eigenvalue weighted by Crippen LogP contribution is -2.40. The molecule has 0 N–H and O–H groups in total. The van der Waals surface area contributed by atoms with Gasteiger partial charge in [-0.2, -0.15) is 4.31 Å². The van der Waals surface area contributed by atoms with Gasteiger partial charge in [-0.3, -0.25) is 4.79 Å². The van der Waals surface area contributed by atoms with Crippen LogP contribution >= 0.6 is 27.5 Å². The lowest BCUT2D eigenvalue weighted by atomic mass is 10.1. The standard InChI is InChI=1S/C23H21BrClNO4S/c1-15-7-10-19(11-8-15)31(28,29)26(21-6-4-5-16(2)17(21)3)23(27)14-30-22-12-9-18(25)13-20(22)24/h4-13H,14H2,1-3H3. The highest BCUT2D eigenvalue weighted by molar-refractivity contribution is 9.10. The Balaban J connectivity index is 2.02. The van der Waals surface area contributed by atoms with Crippen LogP contribution in [0.4, 0.5) is 5.69 Å². The van der Waals surface area contributed by atoms with Crippen molar-refractivity contribution < 1.29 is 17.9 Å². The number of rotatable bonds is 6. The van der Waals surface area contributed by atoms with Crippen LogP contribution in [-0.4, -0.2) is 20.9 Å². The molecular formula is C23H21BrClNO4S. The van der Waals surface area contributed by atoms with Crippen molar-refractivity contribution in [1.82, 2.24) is 0 Å². The Kier molecular flexibility index (Phi) is 7.09. The van der Waals surface area contributed by atoms with E-state index < -0.39 is 22.5 Å². The van der Waals surface area contributed by atoms with Crippen molar-refractivity contribution in [2.45, 2.75) is 25.7 Å². The summed E-state index contributed by atoms with van der Waals surface area (Å²) in [5.74, 6) is -0.331. The average Bonchev–Trinajstić information content (AvgIpc) is 2.71. The van der Waals surface area contributed by atoms with Crippen molar-refractivity contribution in [3.63, 3.8) is 0 Å². The molecule has 0 bridgehead atoms. The van der Waals surface area contributed by atoms with E-state index in [4.69, 9.17) is 16.3 Å². The van der Waals surface area contributed by atoms with Gasteiger partial charge in [-0.25, -0.2) is 8.42 Å². The zero-order valence-corrected chi connectivity index (χ0v) is 20.4. The molecule has 0 aliphatic heterocycles. The topological polar surface area (TPSA) is 63.7 Å². The second-order valence-electron chi connectivity index (χ2n) is 7.06. The molecule has 0 unspecified atom stereocenters. The lowest BCUT2D eigenvalue weighted by Gasteiger charge is -2.25. The molecular weight excluding hydrogens is 502 g/mol. The van der Waals surface area contributed by atoms with Crippen molar-refractivity contribution >= 4 is 49.1 Å². The number of benzene rings is 3. The smallest absolute Gasteiger partial charge is 0.278 e. The Morgan fingerprint density at radius 3 is 2.35 bits per heavy atom. The average molecular weight is 523 g/mol. The molecule has 0 aromatic heterocycles. The molecule has 5 nitrogen and oxygen atoms in total. The van der Waals surface area contributed by atoms with Gasteiger partial charge in [0.2, 0.25) is 0 Å². The summed E-state index contributed by atoms with van der Waals surface area (Å²) in [6, 6.07) is 16.4. The third-order valence-electron chi connectivity index (χ3n) is 4.83. The van der Waals surface area contributed by atoms with E-state index in [9.17, 15) is 13.2 Å². The number of aryl methyl sites for hydroxylation is 2. The van der Waals surface area contributed by atoms with Gasteiger partial charge in [0, 0.05) is 5.02 Å². The van der Waals surface area contributed by atoms with Crippen molar-refractivity contribution in [3.05, 3.63) is 86.8 Å². The van der Waals surface area contributed by atoms with Crippen molar-refractivity contribution in [2.24, 2.45) is 0 Å². The van der Waals surface area contributed by atoms with Gasteiger partial charge in [-0.05, 0) is 84.2 Å². The predicted octanol–water partition coefficient (Wildman–Crippen LogP) is 5.83. The fourth-order valence-electron chi connectivity index (χ4n) is 2.96. The van der Waals surface area contributed by atoms with Gasteiger partial charge in [0.05, 0.1) is 15.1 Å². The number of carbonyl (C=O) groups excluding carboxylic acids is 1.